The molecule has 0 bridgehead atoms. The number of aryl methyl sites for hydroxylation is 2. The fourth-order valence-electron chi connectivity index (χ4n) is 12.6. The highest BCUT2D eigenvalue weighted by molar-refractivity contribution is 5.97. The van der Waals surface area contributed by atoms with Crippen LogP contribution in [-0.2, 0) is 13.1 Å². The fourth-order valence-corrected chi connectivity index (χ4v) is 12.6. The van der Waals surface area contributed by atoms with E-state index in [1.165, 1.54) is 12.8 Å². The van der Waals surface area contributed by atoms with Crippen molar-refractivity contribution in [3.05, 3.63) is 124 Å². The minimum Gasteiger partial charge on any atom is -0.478 e. The van der Waals surface area contributed by atoms with E-state index in [0.717, 1.165) is 108 Å². The molecule has 2 aromatic heterocycles. The van der Waals surface area contributed by atoms with E-state index >= 15 is 0 Å². The van der Waals surface area contributed by atoms with Crippen LogP contribution in [0.3, 0.4) is 0 Å². The average molecular weight is 1170 g/mol. The summed E-state index contributed by atoms with van der Waals surface area (Å²) in [7, 11) is 8.62. The number of hydrogen-bond acceptors (Lipinski definition) is 13. The van der Waals surface area contributed by atoms with Gasteiger partial charge in [0.1, 0.15) is 0 Å². The zero-order valence-electron chi connectivity index (χ0n) is 53.5. The number of carbonyl (C=O) groups is 2. The third kappa shape index (κ3) is 18.1. The molecule has 0 atom stereocenters. The van der Waals surface area contributed by atoms with E-state index < -0.39 is 5.97 Å². The van der Waals surface area contributed by atoms with Crippen molar-refractivity contribution in [3.8, 4) is 23.7 Å². The molecule has 464 valence electrons. The topological polar surface area (TPSA) is 218 Å². The summed E-state index contributed by atoms with van der Waals surface area (Å²) in [6.45, 7) is 26.2. The Labute approximate surface area is 506 Å². The predicted octanol–water partition coefficient (Wildman–Crippen LogP) is 7.46. The standard InChI is InChI=1S/C34H49N5O3.C24H35N3O3.C10H16N2O/c1-8-39(27-13-11-26(12-14-27)37(6)7)32-18-25(10-9-15-38-20-28(40)21-38)17-30(24(32)5)33(41)35-19-31-29(22(2)3)16-23(4)36-34(31)42;1-5-27(20-10-8-19(9-11-20)25(3)4)23-14-18(13-22(17(23)2)24(29)30)7-6-12-26-15-21(28)16-26;1-6(2)8-4-7(3)12-10(13)9(8)5-11/h16-18,22,26-28,40H,8,11-15,19-21H2,1-7H3,(H,35,41)(H,36,42);13-14,19-21,28H,5,8-12,15-16H2,1-4H3,(H,29,30);4,6H,5,11H2,1-3H3,(H,12,13). The third-order valence-electron chi connectivity index (χ3n) is 17.6. The Morgan fingerprint density at radius 2 is 0.988 bits per heavy atom. The number of anilines is 2. The molecule has 4 fully saturated rings. The number of aromatic carboxylic acids is 1. The zero-order valence-corrected chi connectivity index (χ0v) is 53.5. The molecule has 0 unspecified atom stereocenters. The second-order valence-corrected chi connectivity index (χ2v) is 25.0. The molecule has 85 heavy (non-hydrogen) atoms. The summed E-state index contributed by atoms with van der Waals surface area (Å²) in [5.41, 5.74) is 16.6. The average Bonchev–Trinajstić information content (AvgIpc) is 2.39. The number of β-amino-alcohol motifs (C(OH)–C–C–N with tert-alkyl or cyclic N) is 2. The van der Waals surface area contributed by atoms with Gasteiger partial charge in [-0.3, -0.25) is 24.2 Å². The number of pyridine rings is 2. The first kappa shape index (κ1) is 67.8. The minimum atomic E-state index is -0.907. The summed E-state index contributed by atoms with van der Waals surface area (Å²) in [6, 6.07) is 13.8. The maximum Gasteiger partial charge on any atom is 0.336 e. The lowest BCUT2D eigenvalue weighted by atomic mass is 9.88. The van der Waals surface area contributed by atoms with E-state index in [1.54, 1.807) is 6.07 Å². The van der Waals surface area contributed by atoms with Crippen LogP contribution in [0.4, 0.5) is 11.4 Å². The first-order chi connectivity index (χ1) is 40.3. The quantitative estimate of drug-likeness (QED) is 0.0511. The number of benzene rings is 2. The molecule has 1 amide bonds. The summed E-state index contributed by atoms with van der Waals surface area (Å²) in [5, 5.41) is 31.8. The molecule has 2 saturated carbocycles. The van der Waals surface area contributed by atoms with Gasteiger partial charge in [-0.25, -0.2) is 4.79 Å². The van der Waals surface area contributed by atoms with Crippen LogP contribution >= 0.6 is 0 Å². The van der Waals surface area contributed by atoms with Gasteiger partial charge in [0.15, 0.2) is 0 Å². The smallest absolute Gasteiger partial charge is 0.336 e. The lowest BCUT2D eigenvalue weighted by Crippen LogP contribution is -2.50. The van der Waals surface area contributed by atoms with Crippen molar-refractivity contribution in [1.82, 2.24) is 34.9 Å². The normalized spacial score (nSPS) is 19.1. The second kappa shape index (κ2) is 31.4. The van der Waals surface area contributed by atoms with Crippen LogP contribution in [0.25, 0.3) is 0 Å². The molecule has 2 saturated heterocycles. The Hall–Kier alpha value is -6.28. The lowest BCUT2D eigenvalue weighted by molar-refractivity contribution is 0.0109. The Kier molecular flexibility index (Phi) is 25.1. The van der Waals surface area contributed by atoms with Crippen molar-refractivity contribution in [2.45, 2.75) is 182 Å². The van der Waals surface area contributed by atoms with E-state index in [-0.39, 0.29) is 41.7 Å². The van der Waals surface area contributed by atoms with Crippen molar-refractivity contribution in [1.29, 1.82) is 0 Å². The first-order valence-corrected chi connectivity index (χ1v) is 30.9. The number of nitrogens with one attached hydrogen (secondary N) is 3. The highest BCUT2D eigenvalue weighted by atomic mass is 16.4. The maximum absolute atomic E-state index is 13.7. The molecular weight excluding hydrogens is 1070 g/mol. The molecule has 17 nitrogen and oxygen atoms in total. The van der Waals surface area contributed by atoms with E-state index in [1.807, 2.05) is 45.9 Å². The molecule has 4 aliphatic rings. The Bertz CT molecular complexity index is 3150. The molecule has 4 aromatic rings. The van der Waals surface area contributed by atoms with Crippen molar-refractivity contribution in [3.63, 3.8) is 0 Å². The minimum absolute atomic E-state index is 0.0498. The molecular formula is C68H100N10O7. The number of carboxylic acid groups (broad SMARTS) is 1. The number of aromatic nitrogens is 2. The van der Waals surface area contributed by atoms with Crippen molar-refractivity contribution in [2.24, 2.45) is 5.73 Å². The first-order valence-electron chi connectivity index (χ1n) is 30.9. The number of H-pyrrole nitrogens is 2. The van der Waals surface area contributed by atoms with Crippen LogP contribution in [0.5, 0.6) is 0 Å². The van der Waals surface area contributed by atoms with Gasteiger partial charge in [-0.1, -0.05) is 51.4 Å². The van der Waals surface area contributed by atoms with Gasteiger partial charge >= 0.3 is 5.97 Å². The van der Waals surface area contributed by atoms with Crippen molar-refractivity contribution in [2.75, 3.05) is 90.3 Å². The number of carbonyl (C=O) groups excluding carboxylic acids is 1. The number of aliphatic hydroxyl groups is 2. The lowest BCUT2D eigenvalue weighted by Gasteiger charge is -2.40. The van der Waals surface area contributed by atoms with E-state index in [2.05, 4.69) is 150 Å². The van der Waals surface area contributed by atoms with Gasteiger partial charge in [0.05, 0.1) is 30.9 Å². The Morgan fingerprint density at radius 3 is 1.35 bits per heavy atom. The molecule has 2 aliphatic heterocycles. The maximum atomic E-state index is 13.7. The van der Waals surface area contributed by atoms with Crippen LogP contribution in [0.2, 0.25) is 0 Å². The number of aliphatic hydroxyl groups excluding tert-OH is 2. The Morgan fingerprint density at radius 1 is 0.612 bits per heavy atom. The largest absolute Gasteiger partial charge is 0.478 e. The number of aromatic amines is 2. The molecule has 17 heteroatoms. The third-order valence-corrected chi connectivity index (χ3v) is 17.6. The highest BCUT2D eigenvalue weighted by Gasteiger charge is 2.31. The van der Waals surface area contributed by atoms with Gasteiger partial charge in [0.25, 0.3) is 17.0 Å². The molecule has 4 heterocycles. The zero-order chi connectivity index (χ0) is 62.4. The number of hydrogen-bond donors (Lipinski definition) is 7. The van der Waals surface area contributed by atoms with Crippen LogP contribution in [0.15, 0.2) is 46.0 Å². The number of carboxylic acids is 1. The molecule has 8 rings (SSSR count). The van der Waals surface area contributed by atoms with E-state index in [9.17, 15) is 34.5 Å². The van der Waals surface area contributed by atoms with Crippen LogP contribution in [0.1, 0.15) is 181 Å². The molecule has 2 aromatic carbocycles. The monoisotopic (exact) mass is 1170 g/mol. The van der Waals surface area contributed by atoms with E-state index in [4.69, 9.17) is 5.73 Å². The molecule has 0 radical (unpaired) electrons. The number of nitrogens with two attached hydrogens (primary N) is 1. The summed E-state index contributed by atoms with van der Waals surface area (Å²) in [5.74, 6) is 12.2. The van der Waals surface area contributed by atoms with Crippen LogP contribution < -0.4 is 32.0 Å². The summed E-state index contributed by atoms with van der Waals surface area (Å²) < 4.78 is 0. The van der Waals surface area contributed by atoms with E-state index in [0.29, 0.717) is 98.2 Å². The fraction of sp³-hybridized carbons (Fsp3) is 0.588. The summed E-state index contributed by atoms with van der Waals surface area (Å²) >= 11 is 0. The Balaban J connectivity index is 0.000000233. The van der Waals surface area contributed by atoms with Gasteiger partial charge in [0, 0.05) is 127 Å². The second-order valence-electron chi connectivity index (χ2n) is 25.0. The van der Waals surface area contributed by atoms with Gasteiger partial charge in [0.2, 0.25) is 0 Å². The van der Waals surface area contributed by atoms with Gasteiger partial charge < -0.3 is 55.9 Å². The molecule has 0 spiro atoms. The van der Waals surface area contributed by atoms with Gasteiger partial charge in [-0.05, 0) is 192 Å². The van der Waals surface area contributed by atoms with Crippen LogP contribution in [-0.4, -0.2) is 174 Å². The predicted molar refractivity (Wildman–Crippen MR) is 344 cm³/mol. The summed E-state index contributed by atoms with van der Waals surface area (Å²) in [6.07, 6.45) is 8.61. The van der Waals surface area contributed by atoms with Gasteiger partial charge in [-0.15, -0.1) is 0 Å². The highest BCUT2D eigenvalue weighted by Crippen LogP contribution is 2.35. The molecule has 2 aliphatic carbocycles. The number of nitrogens with zero attached hydrogens (tertiary/aromatic N) is 6. The molecule has 8 N–H and O–H groups in total. The van der Waals surface area contributed by atoms with Gasteiger partial charge in [-0.2, -0.15) is 0 Å². The van der Waals surface area contributed by atoms with Crippen molar-refractivity contribution < 1.29 is 24.9 Å². The van der Waals surface area contributed by atoms with Crippen molar-refractivity contribution >= 4 is 23.3 Å². The summed E-state index contributed by atoms with van der Waals surface area (Å²) in [4.78, 5) is 69.2. The SMILES string of the molecule is CCN(c1cc(C#CCN2CC(O)C2)cc(C(=O)NCc2c(C(C)C)cc(C)[nH]c2=O)c1C)C1CCC(N(C)C)CC1.CCN(c1cc(C#CCN2CC(O)C2)cc(C(=O)O)c1C)C1CCC(N(C)C)CC1.Cc1cc(C(C)C)c(CN)c(=O)[nH]1. The number of rotatable bonds is 17. The number of amides is 1. The number of likely N-dealkylation sites (tertiary alicyclic amines) is 2. The van der Waals surface area contributed by atoms with Crippen LogP contribution in [0, 0.1) is 51.4 Å².